The molecule has 7 heteroatoms. The van der Waals surface area contributed by atoms with E-state index in [0.29, 0.717) is 35.0 Å². The largest absolute Gasteiger partial charge is 0.455 e. The molecular formula is C19H19N3O3S. The third-order valence-electron chi connectivity index (χ3n) is 4.63. The van der Waals surface area contributed by atoms with Crippen molar-refractivity contribution in [3.05, 3.63) is 46.9 Å². The Hall–Kier alpha value is -2.67. The summed E-state index contributed by atoms with van der Waals surface area (Å²) in [4.78, 5) is 17.2. The fourth-order valence-corrected chi connectivity index (χ4v) is 4.36. The summed E-state index contributed by atoms with van der Waals surface area (Å²) in [5, 5.41) is 16.2. The fourth-order valence-electron chi connectivity index (χ4n) is 3.50. The van der Waals surface area contributed by atoms with Gasteiger partial charge in [-0.05, 0) is 30.9 Å². The van der Waals surface area contributed by atoms with Crippen LogP contribution in [0.1, 0.15) is 47.7 Å². The molecular weight excluding hydrogens is 350 g/mol. The molecule has 0 saturated heterocycles. The molecule has 0 aliphatic heterocycles. The molecule has 1 aliphatic rings. The summed E-state index contributed by atoms with van der Waals surface area (Å²) in [5.74, 6) is 0.597. The van der Waals surface area contributed by atoms with E-state index in [1.807, 2.05) is 31.2 Å². The van der Waals surface area contributed by atoms with Crippen LogP contribution in [0.3, 0.4) is 0 Å². The van der Waals surface area contributed by atoms with E-state index in [0.717, 1.165) is 15.8 Å². The van der Waals surface area contributed by atoms with Gasteiger partial charge in [0.25, 0.3) is 5.91 Å². The van der Waals surface area contributed by atoms with E-state index in [4.69, 9.17) is 4.42 Å². The summed E-state index contributed by atoms with van der Waals surface area (Å²) in [7, 11) is 0. The van der Waals surface area contributed by atoms with Gasteiger partial charge in [0.05, 0.1) is 15.9 Å². The molecule has 2 N–H and O–H groups in total. The molecule has 1 aliphatic carbocycles. The normalized spacial score (nSPS) is 17.4. The number of amides is 1. The second-order valence-corrected chi connectivity index (χ2v) is 8.39. The van der Waals surface area contributed by atoms with Crippen LogP contribution in [-0.4, -0.2) is 21.8 Å². The standard InChI is InChI=1S/C19H19N3O3S/c1-10-15-12(22-24)8-19(2,3)9-13(15)25-16(10)17(23)21-18-20-11-6-4-5-7-14(11)26-18/h4-7,24H,8-9H2,1-3H3,(H,20,21,23)/b22-12+. The number of carbonyl (C=O) groups excluding carboxylic acids is 1. The summed E-state index contributed by atoms with van der Waals surface area (Å²) in [6.07, 6.45) is 1.33. The predicted octanol–water partition coefficient (Wildman–Crippen LogP) is 4.60. The summed E-state index contributed by atoms with van der Waals surface area (Å²) in [6, 6.07) is 7.72. The van der Waals surface area contributed by atoms with Crippen molar-refractivity contribution < 1.29 is 14.4 Å². The molecule has 1 aromatic carbocycles. The van der Waals surface area contributed by atoms with Crippen molar-refractivity contribution in [1.29, 1.82) is 0 Å². The smallest absolute Gasteiger partial charge is 0.293 e. The number of rotatable bonds is 2. The van der Waals surface area contributed by atoms with Crippen LogP contribution in [0.25, 0.3) is 10.2 Å². The first-order chi connectivity index (χ1) is 12.4. The first kappa shape index (κ1) is 16.8. The van der Waals surface area contributed by atoms with E-state index in [2.05, 4.69) is 29.3 Å². The van der Waals surface area contributed by atoms with Crippen LogP contribution < -0.4 is 5.32 Å². The molecule has 2 heterocycles. The van der Waals surface area contributed by atoms with Gasteiger partial charge in [0.1, 0.15) is 5.76 Å². The molecule has 134 valence electrons. The van der Waals surface area contributed by atoms with E-state index in [1.165, 1.54) is 11.3 Å². The topological polar surface area (TPSA) is 87.7 Å². The molecule has 6 nitrogen and oxygen atoms in total. The average Bonchev–Trinajstić information content (AvgIpc) is 3.13. The average molecular weight is 369 g/mol. The van der Waals surface area contributed by atoms with Crippen LogP contribution in [0.5, 0.6) is 0 Å². The Kier molecular flexibility index (Phi) is 3.84. The fraction of sp³-hybridized carbons (Fsp3) is 0.316. The number of hydrogen-bond donors (Lipinski definition) is 2. The number of carbonyl (C=O) groups is 1. The first-order valence-electron chi connectivity index (χ1n) is 8.38. The van der Waals surface area contributed by atoms with Crippen molar-refractivity contribution in [2.24, 2.45) is 10.6 Å². The quantitative estimate of drug-likeness (QED) is 0.510. The zero-order chi connectivity index (χ0) is 18.5. The number of benzene rings is 1. The van der Waals surface area contributed by atoms with E-state index < -0.39 is 0 Å². The van der Waals surface area contributed by atoms with Crippen molar-refractivity contribution in [3.8, 4) is 0 Å². The highest BCUT2D eigenvalue weighted by atomic mass is 32.1. The van der Waals surface area contributed by atoms with Gasteiger partial charge < -0.3 is 9.62 Å². The van der Waals surface area contributed by atoms with Crippen molar-refractivity contribution in [2.75, 3.05) is 5.32 Å². The molecule has 26 heavy (non-hydrogen) atoms. The molecule has 1 amide bonds. The molecule has 0 bridgehead atoms. The maximum absolute atomic E-state index is 12.7. The second-order valence-electron chi connectivity index (χ2n) is 7.36. The number of furan rings is 1. The molecule has 0 saturated carbocycles. The monoisotopic (exact) mass is 369 g/mol. The number of thiazole rings is 1. The molecule has 3 aromatic rings. The van der Waals surface area contributed by atoms with E-state index in [9.17, 15) is 10.0 Å². The van der Waals surface area contributed by atoms with Gasteiger partial charge in [0, 0.05) is 17.5 Å². The minimum absolute atomic E-state index is 0.0837. The zero-order valence-electron chi connectivity index (χ0n) is 14.8. The summed E-state index contributed by atoms with van der Waals surface area (Å²) >= 11 is 1.42. The van der Waals surface area contributed by atoms with Crippen molar-refractivity contribution in [3.63, 3.8) is 0 Å². The van der Waals surface area contributed by atoms with Crippen LogP contribution in [0.15, 0.2) is 33.8 Å². The van der Waals surface area contributed by atoms with E-state index in [-0.39, 0.29) is 17.1 Å². The highest BCUT2D eigenvalue weighted by Crippen LogP contribution is 2.39. The molecule has 0 fully saturated rings. The Balaban J connectivity index is 1.68. The van der Waals surface area contributed by atoms with Crippen LogP contribution in [0.2, 0.25) is 0 Å². The lowest BCUT2D eigenvalue weighted by molar-refractivity contribution is 0.0993. The molecule has 0 radical (unpaired) electrons. The molecule has 0 spiro atoms. The van der Waals surface area contributed by atoms with Crippen LogP contribution in [0, 0.1) is 12.3 Å². The minimum Gasteiger partial charge on any atom is -0.455 e. The Labute approximate surface area is 154 Å². The Bertz CT molecular complexity index is 1010. The van der Waals surface area contributed by atoms with E-state index in [1.54, 1.807) is 0 Å². The highest BCUT2D eigenvalue weighted by Gasteiger charge is 2.36. The summed E-state index contributed by atoms with van der Waals surface area (Å²) in [5.41, 5.74) is 2.78. The number of fused-ring (bicyclic) bond motifs is 2. The van der Waals surface area contributed by atoms with Crippen LogP contribution in [0.4, 0.5) is 5.13 Å². The number of nitrogens with zero attached hydrogens (tertiary/aromatic N) is 2. The SMILES string of the molecule is Cc1c(C(=O)Nc2nc3ccccc3s2)oc2c1/C(=N/O)CC(C)(C)C2. The van der Waals surface area contributed by atoms with Crippen LogP contribution >= 0.6 is 11.3 Å². The molecule has 0 atom stereocenters. The summed E-state index contributed by atoms with van der Waals surface area (Å²) < 4.78 is 6.89. The number of para-hydroxylation sites is 1. The minimum atomic E-state index is -0.342. The highest BCUT2D eigenvalue weighted by molar-refractivity contribution is 7.22. The predicted molar refractivity (Wildman–Crippen MR) is 101 cm³/mol. The summed E-state index contributed by atoms with van der Waals surface area (Å²) in [6.45, 7) is 5.98. The van der Waals surface area contributed by atoms with Gasteiger partial charge in [-0.3, -0.25) is 10.1 Å². The van der Waals surface area contributed by atoms with Gasteiger partial charge in [-0.1, -0.05) is 42.5 Å². The van der Waals surface area contributed by atoms with Crippen LogP contribution in [-0.2, 0) is 6.42 Å². The van der Waals surface area contributed by atoms with Gasteiger partial charge >= 0.3 is 0 Å². The zero-order valence-corrected chi connectivity index (χ0v) is 15.6. The van der Waals surface area contributed by atoms with Gasteiger partial charge in [-0.25, -0.2) is 4.98 Å². The number of anilines is 1. The van der Waals surface area contributed by atoms with Crippen molar-refractivity contribution in [2.45, 2.75) is 33.6 Å². The van der Waals surface area contributed by atoms with E-state index >= 15 is 0 Å². The first-order valence-corrected chi connectivity index (χ1v) is 9.20. The Morgan fingerprint density at radius 1 is 1.35 bits per heavy atom. The lowest BCUT2D eigenvalue weighted by atomic mass is 9.75. The number of nitrogens with one attached hydrogen (secondary N) is 1. The number of oxime groups is 1. The third kappa shape index (κ3) is 2.78. The second kappa shape index (κ2) is 5.95. The lowest BCUT2D eigenvalue weighted by Crippen LogP contribution is -2.27. The van der Waals surface area contributed by atoms with Gasteiger partial charge in [-0.15, -0.1) is 0 Å². The van der Waals surface area contributed by atoms with Gasteiger partial charge in [0.2, 0.25) is 0 Å². The number of aromatic nitrogens is 1. The maximum atomic E-state index is 12.7. The van der Waals surface area contributed by atoms with Crippen molar-refractivity contribution >= 4 is 38.3 Å². The molecule has 4 rings (SSSR count). The lowest BCUT2D eigenvalue weighted by Gasteiger charge is -2.28. The van der Waals surface area contributed by atoms with Gasteiger partial charge in [0.15, 0.2) is 10.9 Å². The third-order valence-corrected chi connectivity index (χ3v) is 5.59. The number of hydrogen-bond acceptors (Lipinski definition) is 6. The Morgan fingerprint density at radius 3 is 2.85 bits per heavy atom. The molecule has 2 aromatic heterocycles. The van der Waals surface area contributed by atoms with Gasteiger partial charge in [-0.2, -0.15) is 0 Å². The van der Waals surface area contributed by atoms with Crippen molar-refractivity contribution in [1.82, 2.24) is 4.98 Å². The molecule has 0 unspecified atom stereocenters. The Morgan fingerprint density at radius 2 is 2.12 bits per heavy atom. The maximum Gasteiger partial charge on any atom is 0.293 e.